The normalized spacial score (nSPS) is 11.9. The molecule has 0 fully saturated rings. The van der Waals surface area contributed by atoms with Gasteiger partial charge in [0.1, 0.15) is 11.2 Å². The van der Waals surface area contributed by atoms with Gasteiger partial charge in [0.15, 0.2) is 0 Å². The van der Waals surface area contributed by atoms with Gasteiger partial charge in [-0.3, -0.25) is 4.98 Å². The maximum Gasteiger partial charge on any atom is 0.139 e. The fourth-order valence-electron chi connectivity index (χ4n) is 6.71. The maximum absolute atomic E-state index is 6.16. The lowest BCUT2D eigenvalue weighted by molar-refractivity contribution is 0.668. The van der Waals surface area contributed by atoms with Gasteiger partial charge in [-0.25, -0.2) is 0 Å². The Hall–Kier alpha value is -5.49. The number of nitrogens with zero attached hydrogens (tertiary/aromatic N) is 2. The summed E-state index contributed by atoms with van der Waals surface area (Å²) in [5.41, 5.74) is 7.03. The first kappa shape index (κ1) is 25.8. The summed E-state index contributed by atoms with van der Waals surface area (Å²) in [5.74, 6) is 0. The quantitative estimate of drug-likeness (QED) is 0.195. The van der Waals surface area contributed by atoms with Crippen LogP contribution in [-0.4, -0.2) is 4.98 Å². The van der Waals surface area contributed by atoms with E-state index in [4.69, 9.17) is 9.40 Å². The van der Waals surface area contributed by atoms with Gasteiger partial charge in [-0.05, 0) is 54.6 Å². The van der Waals surface area contributed by atoms with Gasteiger partial charge < -0.3 is 9.32 Å². The maximum atomic E-state index is 6.16. The molecule has 0 spiro atoms. The van der Waals surface area contributed by atoms with Crippen LogP contribution in [-0.2, 0) is 0 Å². The number of benzene rings is 6. The zero-order valence-corrected chi connectivity index (χ0v) is 26.1. The van der Waals surface area contributed by atoms with E-state index in [0.717, 1.165) is 50.3 Å². The van der Waals surface area contributed by atoms with E-state index >= 15 is 0 Å². The molecular formula is C41H24N2OS2. The summed E-state index contributed by atoms with van der Waals surface area (Å²) in [5, 5.41) is 7.35. The van der Waals surface area contributed by atoms with E-state index in [1.807, 2.05) is 53.1 Å². The average molecular weight is 625 g/mol. The zero-order chi connectivity index (χ0) is 30.2. The Balaban J connectivity index is 1.11. The van der Waals surface area contributed by atoms with Crippen LogP contribution in [0.2, 0.25) is 0 Å². The molecule has 0 atom stereocenters. The van der Waals surface area contributed by atoms with Crippen molar-refractivity contribution in [2.24, 2.45) is 0 Å². The van der Waals surface area contributed by atoms with Crippen molar-refractivity contribution in [2.45, 2.75) is 0 Å². The Labute approximate surface area is 272 Å². The molecule has 0 N–H and O–H groups in total. The summed E-state index contributed by atoms with van der Waals surface area (Å²) in [4.78, 5) is 7.20. The summed E-state index contributed by atoms with van der Waals surface area (Å²) >= 11 is 3.70. The van der Waals surface area contributed by atoms with E-state index in [-0.39, 0.29) is 0 Å². The van der Waals surface area contributed by atoms with E-state index in [9.17, 15) is 0 Å². The Morgan fingerprint density at radius 3 is 1.63 bits per heavy atom. The van der Waals surface area contributed by atoms with Crippen LogP contribution in [0.1, 0.15) is 0 Å². The Bertz CT molecular complexity index is 2660. The van der Waals surface area contributed by atoms with Gasteiger partial charge in [0.05, 0.1) is 5.69 Å². The van der Waals surface area contributed by atoms with E-state index in [0.29, 0.717) is 0 Å². The Morgan fingerprint density at radius 2 is 0.978 bits per heavy atom. The zero-order valence-electron chi connectivity index (χ0n) is 24.5. The minimum absolute atomic E-state index is 0.852. The Morgan fingerprint density at radius 1 is 0.435 bits per heavy atom. The fraction of sp³-hybridized carbons (Fsp3) is 0. The third-order valence-corrected chi connectivity index (χ3v) is 11.2. The average Bonchev–Trinajstić information content (AvgIpc) is 3.79. The van der Waals surface area contributed by atoms with E-state index in [1.165, 1.54) is 40.3 Å². The summed E-state index contributed by atoms with van der Waals surface area (Å²) in [6.07, 6.45) is 1.93. The molecule has 0 saturated carbocycles. The highest BCUT2D eigenvalue weighted by Crippen LogP contribution is 2.43. The molecule has 0 bridgehead atoms. The molecule has 0 amide bonds. The molecule has 5 heteroatoms. The predicted molar refractivity (Wildman–Crippen MR) is 197 cm³/mol. The van der Waals surface area contributed by atoms with Crippen LogP contribution in [0, 0.1) is 0 Å². The van der Waals surface area contributed by atoms with Crippen molar-refractivity contribution in [3.63, 3.8) is 0 Å². The highest BCUT2D eigenvalue weighted by atomic mass is 32.1. The second kappa shape index (κ2) is 10.0. The molecule has 10 aromatic rings. The van der Waals surface area contributed by atoms with Crippen LogP contribution < -0.4 is 4.90 Å². The second-order valence-electron chi connectivity index (χ2n) is 11.6. The second-order valence-corrected chi connectivity index (χ2v) is 13.8. The molecule has 0 unspecified atom stereocenters. The van der Waals surface area contributed by atoms with Crippen LogP contribution in [0.5, 0.6) is 0 Å². The van der Waals surface area contributed by atoms with Gasteiger partial charge in [0.2, 0.25) is 0 Å². The largest absolute Gasteiger partial charge is 0.456 e. The summed E-state index contributed by atoms with van der Waals surface area (Å²) < 4.78 is 11.4. The topological polar surface area (TPSA) is 29.3 Å². The van der Waals surface area contributed by atoms with Crippen LogP contribution in [0.3, 0.4) is 0 Å². The van der Waals surface area contributed by atoms with Crippen LogP contribution in [0.25, 0.3) is 73.5 Å². The number of furan rings is 1. The van der Waals surface area contributed by atoms with Crippen LogP contribution in [0.15, 0.2) is 150 Å². The van der Waals surface area contributed by atoms with E-state index in [2.05, 4.69) is 120 Å². The van der Waals surface area contributed by atoms with Crippen molar-refractivity contribution >= 4 is 102 Å². The molecule has 46 heavy (non-hydrogen) atoms. The summed E-state index contributed by atoms with van der Waals surface area (Å²) in [7, 11) is 0. The molecule has 3 nitrogen and oxygen atoms in total. The molecule has 4 heterocycles. The number of fused-ring (bicyclic) bond motifs is 9. The fourth-order valence-corrected chi connectivity index (χ4v) is 8.99. The number of para-hydroxylation sites is 1. The number of anilines is 3. The van der Waals surface area contributed by atoms with Crippen molar-refractivity contribution in [1.82, 2.24) is 4.98 Å². The van der Waals surface area contributed by atoms with Gasteiger partial charge in [0, 0.05) is 86.0 Å². The molecule has 0 aliphatic carbocycles. The number of pyridine rings is 1. The highest BCUT2D eigenvalue weighted by Gasteiger charge is 2.17. The number of hydrogen-bond acceptors (Lipinski definition) is 5. The third-order valence-electron chi connectivity index (χ3n) is 8.93. The lowest BCUT2D eigenvalue weighted by Gasteiger charge is -2.26. The molecule has 4 aromatic heterocycles. The number of thiophene rings is 2. The first-order valence-corrected chi connectivity index (χ1v) is 16.9. The van der Waals surface area contributed by atoms with Crippen LogP contribution >= 0.6 is 22.7 Å². The lowest BCUT2D eigenvalue weighted by atomic mass is 10.1. The summed E-state index contributed by atoms with van der Waals surface area (Å²) in [6.45, 7) is 0. The molecule has 0 radical (unpaired) electrons. The minimum atomic E-state index is 0.852. The van der Waals surface area contributed by atoms with Crippen molar-refractivity contribution in [3.05, 3.63) is 146 Å². The first-order valence-electron chi connectivity index (χ1n) is 15.3. The van der Waals surface area contributed by atoms with Gasteiger partial charge in [-0.2, -0.15) is 0 Å². The lowest BCUT2D eigenvalue weighted by Crippen LogP contribution is -2.09. The van der Waals surface area contributed by atoms with E-state index < -0.39 is 0 Å². The molecule has 10 rings (SSSR count). The number of aromatic nitrogens is 1. The molecule has 0 saturated heterocycles. The molecule has 216 valence electrons. The van der Waals surface area contributed by atoms with Crippen molar-refractivity contribution < 1.29 is 4.42 Å². The molecular weight excluding hydrogens is 601 g/mol. The monoisotopic (exact) mass is 624 g/mol. The predicted octanol–water partition coefficient (Wildman–Crippen LogP) is 12.9. The van der Waals surface area contributed by atoms with Crippen molar-refractivity contribution in [1.29, 1.82) is 0 Å². The standard InChI is InChI=1S/C41H24N2OS2/c1-4-10-36-29(7-1)34-24-42-35(23-37(34)44-36)25-13-15-26(16-14-25)43(27-17-19-32-30-8-2-5-11-38(30)45-40(32)21-27)28-18-20-33-31-9-3-6-12-39(31)46-41(33)22-28/h1-24H. The molecule has 0 aliphatic heterocycles. The summed E-state index contributed by atoms with van der Waals surface area (Å²) in [6, 6.07) is 49.9. The molecule has 0 aliphatic rings. The van der Waals surface area contributed by atoms with Gasteiger partial charge >= 0.3 is 0 Å². The van der Waals surface area contributed by atoms with E-state index in [1.54, 1.807) is 0 Å². The van der Waals surface area contributed by atoms with Gasteiger partial charge in [0.25, 0.3) is 0 Å². The first-order chi connectivity index (χ1) is 22.8. The smallest absolute Gasteiger partial charge is 0.139 e. The highest BCUT2D eigenvalue weighted by molar-refractivity contribution is 7.26. The van der Waals surface area contributed by atoms with Crippen LogP contribution in [0.4, 0.5) is 17.1 Å². The minimum Gasteiger partial charge on any atom is -0.456 e. The van der Waals surface area contributed by atoms with Crippen molar-refractivity contribution in [2.75, 3.05) is 4.90 Å². The molecule has 6 aromatic carbocycles. The van der Waals surface area contributed by atoms with Gasteiger partial charge in [-0.15, -0.1) is 22.7 Å². The van der Waals surface area contributed by atoms with Crippen molar-refractivity contribution in [3.8, 4) is 11.3 Å². The van der Waals surface area contributed by atoms with Gasteiger partial charge in [-0.1, -0.05) is 78.9 Å². The SMILES string of the molecule is c1ccc2c(c1)oc1cc(-c3ccc(N(c4ccc5c(c4)sc4ccccc45)c4ccc5c(c4)sc4ccccc45)cc3)ncc12. The third kappa shape index (κ3) is 3.99. The number of hydrogen-bond donors (Lipinski definition) is 0. The number of rotatable bonds is 4. The Kier molecular flexibility index (Phi) is 5.61.